The van der Waals surface area contributed by atoms with Crippen LogP contribution >= 0.6 is 8.53 Å². The second-order valence-electron chi connectivity index (χ2n) is 6.86. The van der Waals surface area contributed by atoms with Crippen molar-refractivity contribution >= 4 is 26.1 Å². The van der Waals surface area contributed by atoms with Crippen molar-refractivity contribution in [1.29, 1.82) is 5.26 Å². The van der Waals surface area contributed by atoms with Crippen LogP contribution in [-0.4, -0.2) is 40.1 Å². The summed E-state index contributed by atoms with van der Waals surface area (Å²) in [6.07, 6.45) is 2.85. The maximum Gasteiger partial charge on any atom is 0.318 e. The highest BCUT2D eigenvalue weighted by Gasteiger charge is 2.45. The van der Waals surface area contributed by atoms with Crippen LogP contribution in [0.1, 0.15) is 18.5 Å². The lowest BCUT2D eigenvalue weighted by atomic mass is 9.98. The normalized spacial score (nSPS) is 21.6. The van der Waals surface area contributed by atoms with Crippen LogP contribution in [0.4, 0.5) is 5.82 Å². The van der Waals surface area contributed by atoms with Crippen LogP contribution in [0.25, 0.3) is 5.52 Å². The summed E-state index contributed by atoms with van der Waals surface area (Å²) < 4.78 is 19.4. The van der Waals surface area contributed by atoms with Gasteiger partial charge in [-0.2, -0.15) is 10.4 Å². The molecule has 2 aromatic heterocycles. The molecule has 0 bridgehead atoms. The number of para-hydroxylation sites is 1. The molecule has 160 valence electrons. The number of hydrogen-bond acceptors (Lipinski definition) is 9. The van der Waals surface area contributed by atoms with Gasteiger partial charge in [0.1, 0.15) is 29.9 Å². The highest BCUT2D eigenvalue weighted by atomic mass is 31.2. The summed E-state index contributed by atoms with van der Waals surface area (Å²) >= 11 is 0. The number of carbonyl (C=O) groups excluding carboxylic acids is 1. The SMILES string of the molecule is N#CC1(c2ccc3c(N)ncnn23)CCC(COP(NCC=O)Oc2ccccc2)O1. The molecule has 0 spiro atoms. The van der Waals surface area contributed by atoms with Crippen LogP contribution in [0, 0.1) is 11.3 Å². The number of nitrogens with two attached hydrogens (primary N) is 1. The number of anilines is 1. The minimum absolute atomic E-state index is 0.101. The van der Waals surface area contributed by atoms with E-state index >= 15 is 0 Å². The van der Waals surface area contributed by atoms with Crippen LogP contribution in [0.5, 0.6) is 5.75 Å². The van der Waals surface area contributed by atoms with Gasteiger partial charge in [0, 0.05) is 0 Å². The molecule has 0 saturated carbocycles. The first-order valence-corrected chi connectivity index (χ1v) is 10.8. The molecule has 3 N–H and O–H groups in total. The zero-order valence-corrected chi connectivity index (χ0v) is 17.4. The molecular formula is C20H21N6O4P. The molecule has 1 fully saturated rings. The number of fused-ring (bicyclic) bond motifs is 1. The molecule has 0 radical (unpaired) electrons. The number of carbonyl (C=O) groups is 1. The fraction of sp³-hybridized carbons (Fsp3) is 0.300. The Hall–Kier alpha value is -3.09. The van der Waals surface area contributed by atoms with E-state index in [9.17, 15) is 10.1 Å². The second-order valence-corrected chi connectivity index (χ2v) is 8.14. The third kappa shape index (κ3) is 4.50. The zero-order chi connectivity index (χ0) is 21.7. The van der Waals surface area contributed by atoms with E-state index in [1.807, 2.05) is 18.2 Å². The average Bonchev–Trinajstić information content (AvgIpc) is 3.42. The Morgan fingerprint density at radius 2 is 2.23 bits per heavy atom. The number of ether oxygens (including phenoxy) is 1. The first kappa shape index (κ1) is 21.2. The topological polar surface area (TPSA) is 137 Å². The van der Waals surface area contributed by atoms with E-state index in [0.29, 0.717) is 35.6 Å². The summed E-state index contributed by atoms with van der Waals surface area (Å²) in [6, 6.07) is 15.0. The van der Waals surface area contributed by atoms with E-state index < -0.39 is 14.1 Å². The predicted molar refractivity (Wildman–Crippen MR) is 113 cm³/mol. The summed E-state index contributed by atoms with van der Waals surface area (Å²) in [4.78, 5) is 14.7. The Bertz CT molecular complexity index is 1090. The Kier molecular flexibility index (Phi) is 6.39. The van der Waals surface area contributed by atoms with Gasteiger partial charge in [0.05, 0.1) is 24.9 Å². The number of nitriles is 1. The van der Waals surface area contributed by atoms with Crippen molar-refractivity contribution in [3.63, 3.8) is 0 Å². The highest BCUT2D eigenvalue weighted by Crippen LogP contribution is 2.42. The summed E-state index contributed by atoms with van der Waals surface area (Å²) in [7, 11) is -1.56. The van der Waals surface area contributed by atoms with Gasteiger partial charge in [0.2, 0.25) is 0 Å². The molecule has 3 aromatic rings. The number of rotatable bonds is 9. The number of nitrogens with one attached hydrogen (secondary N) is 1. The first-order valence-electron chi connectivity index (χ1n) is 9.66. The van der Waals surface area contributed by atoms with Crippen molar-refractivity contribution in [1.82, 2.24) is 19.7 Å². The van der Waals surface area contributed by atoms with Gasteiger partial charge in [-0.1, -0.05) is 18.2 Å². The highest BCUT2D eigenvalue weighted by molar-refractivity contribution is 7.45. The molecular weight excluding hydrogens is 419 g/mol. The third-order valence-electron chi connectivity index (χ3n) is 4.88. The molecule has 31 heavy (non-hydrogen) atoms. The number of aromatic nitrogens is 3. The standard InChI is InChI=1S/C20H21N6O4P/c21-13-20(18-7-6-17-19(22)23-14-24-26(17)18)9-8-16(29-20)12-28-31(25-10-11-27)30-15-4-2-1-3-5-15/h1-7,11,14,16,25H,8-10,12H2,(H2,22,23,24). The number of nitrogens with zero attached hydrogens (tertiary/aromatic N) is 4. The monoisotopic (exact) mass is 440 g/mol. The second kappa shape index (κ2) is 9.37. The maximum absolute atomic E-state index is 10.8. The van der Waals surface area contributed by atoms with Gasteiger partial charge in [-0.3, -0.25) is 0 Å². The summed E-state index contributed by atoms with van der Waals surface area (Å²) in [5, 5.41) is 17.1. The molecule has 0 aliphatic carbocycles. The Morgan fingerprint density at radius 1 is 1.39 bits per heavy atom. The molecule has 1 aromatic carbocycles. The van der Waals surface area contributed by atoms with Crippen molar-refractivity contribution < 1.29 is 18.6 Å². The minimum Gasteiger partial charge on any atom is -0.436 e. The molecule has 1 aliphatic rings. The van der Waals surface area contributed by atoms with Crippen molar-refractivity contribution in [3.8, 4) is 11.8 Å². The van der Waals surface area contributed by atoms with Gasteiger partial charge in [-0.25, -0.2) is 14.6 Å². The lowest BCUT2D eigenvalue weighted by Gasteiger charge is -2.23. The number of nitrogen functional groups attached to an aromatic ring is 1. The maximum atomic E-state index is 10.8. The van der Waals surface area contributed by atoms with E-state index in [1.54, 1.807) is 28.8 Å². The van der Waals surface area contributed by atoms with Crippen molar-refractivity contribution in [2.24, 2.45) is 0 Å². The van der Waals surface area contributed by atoms with Crippen LogP contribution in [0.2, 0.25) is 0 Å². The van der Waals surface area contributed by atoms with Crippen molar-refractivity contribution in [2.75, 3.05) is 18.9 Å². The Morgan fingerprint density at radius 3 is 3.00 bits per heavy atom. The van der Waals surface area contributed by atoms with Crippen LogP contribution < -0.4 is 15.3 Å². The van der Waals surface area contributed by atoms with Gasteiger partial charge in [-0.15, -0.1) is 0 Å². The Balaban J connectivity index is 1.44. The lowest BCUT2D eigenvalue weighted by molar-refractivity contribution is -0.106. The van der Waals surface area contributed by atoms with E-state index in [2.05, 4.69) is 21.2 Å². The zero-order valence-electron chi connectivity index (χ0n) is 16.5. The molecule has 3 unspecified atom stereocenters. The third-order valence-corrected chi connectivity index (χ3v) is 6.08. The quantitative estimate of drug-likeness (QED) is 0.379. The minimum atomic E-state index is -1.56. The lowest BCUT2D eigenvalue weighted by Crippen LogP contribution is -2.28. The van der Waals surface area contributed by atoms with E-state index in [1.165, 1.54) is 6.33 Å². The largest absolute Gasteiger partial charge is 0.436 e. The molecule has 3 heterocycles. The number of hydrogen-bond donors (Lipinski definition) is 2. The molecule has 1 saturated heterocycles. The van der Waals surface area contributed by atoms with Crippen molar-refractivity contribution in [3.05, 3.63) is 54.5 Å². The van der Waals surface area contributed by atoms with Gasteiger partial charge < -0.3 is 24.3 Å². The molecule has 4 rings (SSSR count). The van der Waals surface area contributed by atoms with Gasteiger partial charge in [0.25, 0.3) is 0 Å². The number of aldehydes is 1. The van der Waals surface area contributed by atoms with Crippen LogP contribution in [0.3, 0.4) is 0 Å². The fourth-order valence-corrected chi connectivity index (χ4v) is 4.46. The van der Waals surface area contributed by atoms with Gasteiger partial charge in [-0.05, 0) is 37.1 Å². The molecule has 0 amide bonds. The van der Waals surface area contributed by atoms with Crippen LogP contribution in [-0.2, 0) is 19.7 Å². The molecule has 10 nitrogen and oxygen atoms in total. The first-order chi connectivity index (χ1) is 15.1. The van der Waals surface area contributed by atoms with E-state index in [4.69, 9.17) is 19.5 Å². The summed E-state index contributed by atoms with van der Waals surface area (Å²) in [5.41, 5.74) is 5.96. The fourth-order valence-electron chi connectivity index (χ4n) is 3.41. The van der Waals surface area contributed by atoms with Gasteiger partial charge >= 0.3 is 8.53 Å². The molecule has 11 heteroatoms. The number of benzene rings is 1. The molecule has 1 aliphatic heterocycles. The molecule has 3 atom stereocenters. The van der Waals surface area contributed by atoms with Crippen molar-refractivity contribution in [2.45, 2.75) is 24.5 Å². The van der Waals surface area contributed by atoms with Gasteiger partial charge in [0.15, 0.2) is 11.4 Å². The predicted octanol–water partition coefficient (Wildman–Crippen LogP) is 2.32. The smallest absolute Gasteiger partial charge is 0.318 e. The summed E-state index contributed by atoms with van der Waals surface area (Å²) in [6.45, 7) is 0.303. The summed E-state index contributed by atoms with van der Waals surface area (Å²) in [5.74, 6) is 0.958. The average molecular weight is 440 g/mol. The Labute approximate surface area is 179 Å². The van der Waals surface area contributed by atoms with E-state index in [0.717, 1.165) is 6.29 Å². The van der Waals surface area contributed by atoms with Crippen LogP contribution in [0.15, 0.2) is 48.8 Å². The van der Waals surface area contributed by atoms with E-state index in [-0.39, 0.29) is 19.3 Å².